The minimum Gasteiger partial charge on any atom is -0.453 e. The molecule has 0 aliphatic heterocycles. The second-order valence-corrected chi connectivity index (χ2v) is 9.06. The summed E-state index contributed by atoms with van der Waals surface area (Å²) < 4.78 is 33.3. The lowest BCUT2D eigenvalue weighted by Crippen LogP contribution is -2.13. The zero-order valence-electron chi connectivity index (χ0n) is 14.2. The second kappa shape index (κ2) is 8.35. The lowest BCUT2D eigenvalue weighted by Gasteiger charge is -2.14. The fourth-order valence-corrected chi connectivity index (χ4v) is 4.70. The number of ether oxygens (including phenoxy) is 1. The molecule has 146 valence electrons. The van der Waals surface area contributed by atoms with Crippen LogP contribution in [0.1, 0.15) is 5.56 Å². The molecule has 0 saturated heterocycles. The van der Waals surface area contributed by atoms with Gasteiger partial charge in [-0.15, -0.1) is 0 Å². The Kier molecular flexibility index (Phi) is 6.27. The van der Waals surface area contributed by atoms with E-state index in [-0.39, 0.29) is 31.4 Å². The van der Waals surface area contributed by atoms with Gasteiger partial charge in [0.05, 0.1) is 27.0 Å². The zero-order chi connectivity index (χ0) is 20.5. The topological polar surface area (TPSA) is 68.3 Å². The molecule has 0 aliphatic rings. The van der Waals surface area contributed by atoms with Crippen molar-refractivity contribution < 1.29 is 13.2 Å². The first-order valence-electron chi connectivity index (χ1n) is 7.72. The molecule has 1 heterocycles. The molecule has 0 aliphatic carbocycles. The molecular formula is C18H12Cl4N2O3S. The van der Waals surface area contributed by atoms with Crippen molar-refractivity contribution in [3.8, 4) is 11.5 Å². The lowest BCUT2D eigenvalue weighted by atomic mass is 10.3. The maximum Gasteiger partial charge on any atom is 0.263 e. The molecule has 0 bridgehead atoms. The average molecular weight is 478 g/mol. The molecule has 2 aromatic carbocycles. The predicted octanol–water partition coefficient (Wildman–Crippen LogP) is 6.60. The second-order valence-electron chi connectivity index (χ2n) is 5.75. The predicted molar refractivity (Wildman–Crippen MR) is 113 cm³/mol. The van der Waals surface area contributed by atoms with Crippen molar-refractivity contribution in [3.05, 3.63) is 74.4 Å². The molecule has 1 aromatic heterocycles. The maximum absolute atomic E-state index is 12.6. The molecule has 0 unspecified atom stereocenters. The highest BCUT2D eigenvalue weighted by Crippen LogP contribution is 2.39. The molecule has 28 heavy (non-hydrogen) atoms. The van der Waals surface area contributed by atoms with E-state index in [1.54, 1.807) is 12.3 Å². The van der Waals surface area contributed by atoms with E-state index in [1.807, 2.05) is 6.92 Å². The van der Waals surface area contributed by atoms with Crippen LogP contribution in [0.3, 0.4) is 0 Å². The number of halogens is 4. The molecule has 1 N–H and O–H groups in total. The van der Waals surface area contributed by atoms with Crippen LogP contribution in [0.4, 0.5) is 5.69 Å². The number of nitrogens with one attached hydrogen (secondary N) is 1. The first kappa shape index (κ1) is 21.0. The number of pyridine rings is 1. The number of nitrogens with zero attached hydrogens (tertiary/aromatic N) is 1. The molecule has 0 fully saturated rings. The summed E-state index contributed by atoms with van der Waals surface area (Å²) >= 11 is 24.3. The van der Waals surface area contributed by atoms with Crippen LogP contribution >= 0.6 is 46.4 Å². The summed E-state index contributed by atoms with van der Waals surface area (Å²) in [4.78, 5) is 3.90. The molecule has 3 rings (SSSR count). The van der Waals surface area contributed by atoms with E-state index in [4.69, 9.17) is 51.1 Å². The van der Waals surface area contributed by atoms with Gasteiger partial charge in [-0.05, 0) is 48.9 Å². The molecule has 3 aromatic rings. The van der Waals surface area contributed by atoms with E-state index >= 15 is 0 Å². The molecule has 0 spiro atoms. The van der Waals surface area contributed by atoms with E-state index < -0.39 is 10.0 Å². The number of hydrogen-bond acceptors (Lipinski definition) is 4. The SMILES string of the molecule is Cc1cncc(Oc2c(Cl)cc(NS(=O)(=O)c3ccc(Cl)cc3Cl)cc2Cl)c1. The third kappa shape index (κ3) is 4.82. The van der Waals surface area contributed by atoms with Gasteiger partial charge in [0.1, 0.15) is 10.6 Å². The van der Waals surface area contributed by atoms with Gasteiger partial charge in [0, 0.05) is 11.2 Å². The van der Waals surface area contributed by atoms with Crippen molar-refractivity contribution in [2.24, 2.45) is 0 Å². The van der Waals surface area contributed by atoms with Gasteiger partial charge in [-0.3, -0.25) is 9.71 Å². The summed E-state index contributed by atoms with van der Waals surface area (Å²) in [5, 5.41) is 0.550. The van der Waals surface area contributed by atoms with Crippen LogP contribution in [0.5, 0.6) is 11.5 Å². The Balaban J connectivity index is 1.90. The summed E-state index contributed by atoms with van der Waals surface area (Å²) in [6.07, 6.45) is 3.19. The van der Waals surface area contributed by atoms with Crippen LogP contribution in [0.25, 0.3) is 0 Å². The van der Waals surface area contributed by atoms with Gasteiger partial charge in [-0.25, -0.2) is 8.42 Å². The van der Waals surface area contributed by atoms with Gasteiger partial charge >= 0.3 is 0 Å². The van der Waals surface area contributed by atoms with Crippen molar-refractivity contribution >= 4 is 62.1 Å². The van der Waals surface area contributed by atoms with Gasteiger partial charge < -0.3 is 4.74 Å². The Morgan fingerprint density at radius 3 is 2.21 bits per heavy atom. The van der Waals surface area contributed by atoms with Crippen molar-refractivity contribution in [2.75, 3.05) is 4.72 Å². The first-order valence-corrected chi connectivity index (χ1v) is 10.7. The maximum atomic E-state index is 12.6. The van der Waals surface area contributed by atoms with Crippen LogP contribution in [0.15, 0.2) is 53.7 Å². The monoisotopic (exact) mass is 476 g/mol. The fourth-order valence-electron chi connectivity index (χ4n) is 2.32. The highest BCUT2D eigenvalue weighted by molar-refractivity contribution is 7.92. The zero-order valence-corrected chi connectivity index (χ0v) is 18.1. The molecule has 0 amide bonds. The van der Waals surface area contributed by atoms with Gasteiger partial charge in [-0.1, -0.05) is 46.4 Å². The summed E-state index contributed by atoms with van der Waals surface area (Å²) in [7, 11) is -3.98. The minimum absolute atomic E-state index is 0.0101. The third-order valence-corrected chi connectivity index (χ3v) is 6.16. The quantitative estimate of drug-likeness (QED) is 0.449. The Morgan fingerprint density at radius 1 is 0.929 bits per heavy atom. The van der Waals surface area contributed by atoms with Crippen molar-refractivity contribution in [2.45, 2.75) is 11.8 Å². The molecule has 0 atom stereocenters. The van der Waals surface area contributed by atoms with Crippen molar-refractivity contribution in [1.29, 1.82) is 0 Å². The van der Waals surface area contributed by atoms with Crippen LogP contribution in [-0.4, -0.2) is 13.4 Å². The van der Waals surface area contributed by atoms with Gasteiger partial charge in [0.15, 0.2) is 5.75 Å². The lowest BCUT2D eigenvalue weighted by molar-refractivity contribution is 0.480. The van der Waals surface area contributed by atoms with Crippen LogP contribution in [0.2, 0.25) is 20.1 Å². The number of sulfonamides is 1. The number of hydrogen-bond donors (Lipinski definition) is 1. The Hall–Kier alpha value is -1.70. The fraction of sp³-hybridized carbons (Fsp3) is 0.0556. The van der Waals surface area contributed by atoms with E-state index in [2.05, 4.69) is 9.71 Å². The first-order chi connectivity index (χ1) is 13.2. The van der Waals surface area contributed by atoms with Gasteiger partial charge in [0.2, 0.25) is 0 Å². The van der Waals surface area contributed by atoms with Crippen molar-refractivity contribution in [3.63, 3.8) is 0 Å². The van der Waals surface area contributed by atoms with Crippen molar-refractivity contribution in [1.82, 2.24) is 4.98 Å². The minimum atomic E-state index is -3.98. The normalized spacial score (nSPS) is 11.3. The molecular weight excluding hydrogens is 466 g/mol. The number of benzene rings is 2. The number of anilines is 1. The van der Waals surface area contributed by atoms with E-state index in [1.165, 1.54) is 36.5 Å². The Labute approximate surface area is 182 Å². The smallest absolute Gasteiger partial charge is 0.263 e. The summed E-state index contributed by atoms with van der Waals surface area (Å²) in [5.74, 6) is 0.633. The van der Waals surface area contributed by atoms with E-state index in [0.29, 0.717) is 10.8 Å². The van der Waals surface area contributed by atoms with Gasteiger partial charge in [0.25, 0.3) is 10.0 Å². The van der Waals surface area contributed by atoms with E-state index in [0.717, 1.165) is 5.56 Å². The summed E-state index contributed by atoms with van der Waals surface area (Å²) in [6, 6.07) is 8.59. The average Bonchev–Trinajstić information content (AvgIpc) is 2.57. The highest BCUT2D eigenvalue weighted by atomic mass is 35.5. The summed E-state index contributed by atoms with van der Waals surface area (Å²) in [6.45, 7) is 1.86. The van der Waals surface area contributed by atoms with E-state index in [9.17, 15) is 8.42 Å². The third-order valence-electron chi connectivity index (χ3n) is 3.50. The molecule has 10 heteroatoms. The Bertz CT molecular complexity index is 1130. The number of aryl methyl sites for hydroxylation is 1. The molecule has 0 radical (unpaired) electrons. The van der Waals surface area contributed by atoms with Crippen LogP contribution in [-0.2, 0) is 10.0 Å². The van der Waals surface area contributed by atoms with Crippen LogP contribution < -0.4 is 9.46 Å². The van der Waals surface area contributed by atoms with Gasteiger partial charge in [-0.2, -0.15) is 0 Å². The van der Waals surface area contributed by atoms with Crippen LogP contribution in [0, 0.1) is 6.92 Å². The standard InChI is InChI=1S/C18H12Cl4N2O3S/c1-10-4-13(9-23-8-10)27-18-15(21)6-12(7-16(18)22)24-28(25,26)17-3-2-11(19)5-14(17)20/h2-9,24H,1H3. The molecule has 5 nitrogen and oxygen atoms in total. The largest absolute Gasteiger partial charge is 0.453 e. The number of aromatic nitrogens is 1. The number of rotatable bonds is 5. The summed E-state index contributed by atoms with van der Waals surface area (Å²) in [5.41, 5.74) is 1.05. The Morgan fingerprint density at radius 2 is 1.61 bits per heavy atom. The molecule has 0 saturated carbocycles. The highest BCUT2D eigenvalue weighted by Gasteiger charge is 2.20.